The molecule has 4 aromatic carbocycles. The molecule has 0 bridgehead atoms. The summed E-state index contributed by atoms with van der Waals surface area (Å²) in [4.78, 5) is 44.4. The van der Waals surface area contributed by atoms with E-state index in [1.54, 1.807) is 60.9 Å². The van der Waals surface area contributed by atoms with E-state index in [9.17, 15) is 14.4 Å². The first-order valence-electron chi connectivity index (χ1n) is 14.5. The maximum atomic E-state index is 13.6. The predicted molar refractivity (Wildman–Crippen MR) is 182 cm³/mol. The van der Waals surface area contributed by atoms with E-state index in [4.69, 9.17) is 0 Å². The Morgan fingerprint density at radius 2 is 1.40 bits per heavy atom. The van der Waals surface area contributed by atoms with Gasteiger partial charge in [-0.3, -0.25) is 19.4 Å². The van der Waals surface area contributed by atoms with Gasteiger partial charge < -0.3 is 16.0 Å². The Bertz CT molecular complexity index is 1780. The van der Waals surface area contributed by atoms with Crippen molar-refractivity contribution >= 4 is 46.9 Å². The molecule has 0 saturated heterocycles. The zero-order chi connectivity index (χ0) is 31.4. The number of rotatable bonds is 11. The van der Waals surface area contributed by atoms with Crippen molar-refractivity contribution < 1.29 is 14.4 Å². The van der Waals surface area contributed by atoms with Gasteiger partial charge in [-0.2, -0.15) is 0 Å². The first-order valence-corrected chi connectivity index (χ1v) is 15.4. The van der Waals surface area contributed by atoms with Crippen molar-refractivity contribution in [2.75, 3.05) is 10.6 Å². The molecule has 5 rings (SSSR count). The van der Waals surface area contributed by atoms with Crippen LogP contribution in [0.4, 0.5) is 11.4 Å². The molecule has 1 unspecified atom stereocenters. The molecule has 8 heteroatoms. The van der Waals surface area contributed by atoms with Crippen LogP contribution in [0, 0.1) is 0 Å². The standard InChI is InChI=1S/C37H32N4O3S/c1-2-34(37(44)39-30-20-22-38-23-21-30)45-32-15-9-14-31(25-32)40-36(43)33(41-35(42)29-12-7-4-8-13-29)24-26-16-18-28(19-17-26)27-10-5-3-6-11-27/h3-25,34H,2H2,1H3,(H,40,43)(H,41,42)(H,38,39,44)/b33-24+. The minimum Gasteiger partial charge on any atom is -0.325 e. The molecule has 0 fully saturated rings. The van der Waals surface area contributed by atoms with Crippen LogP contribution in [0.15, 0.2) is 144 Å². The maximum absolute atomic E-state index is 13.6. The molecule has 0 aliphatic carbocycles. The topological polar surface area (TPSA) is 100 Å². The zero-order valence-electron chi connectivity index (χ0n) is 24.6. The average Bonchev–Trinajstić information content (AvgIpc) is 3.08. The van der Waals surface area contributed by atoms with Crippen LogP contribution in [0.3, 0.4) is 0 Å². The maximum Gasteiger partial charge on any atom is 0.272 e. The first-order chi connectivity index (χ1) is 22.0. The van der Waals surface area contributed by atoms with Gasteiger partial charge in [-0.25, -0.2) is 0 Å². The van der Waals surface area contributed by atoms with Crippen molar-refractivity contribution in [2.24, 2.45) is 0 Å². The van der Waals surface area contributed by atoms with E-state index < -0.39 is 11.8 Å². The summed E-state index contributed by atoms with van der Waals surface area (Å²) in [5.74, 6) is -0.987. The van der Waals surface area contributed by atoms with Crippen molar-refractivity contribution in [3.05, 3.63) is 151 Å². The van der Waals surface area contributed by atoms with Gasteiger partial charge in [0.1, 0.15) is 5.70 Å². The molecule has 1 heterocycles. The number of nitrogens with zero attached hydrogens (tertiary/aromatic N) is 1. The third-order valence-corrected chi connectivity index (χ3v) is 8.20. The normalized spacial score (nSPS) is 11.7. The minimum atomic E-state index is -0.476. The molecule has 0 radical (unpaired) electrons. The Morgan fingerprint density at radius 3 is 2.09 bits per heavy atom. The molecule has 0 aliphatic heterocycles. The highest BCUT2D eigenvalue weighted by molar-refractivity contribution is 8.00. The number of hydrogen-bond acceptors (Lipinski definition) is 5. The number of anilines is 2. The second kappa shape index (κ2) is 15.3. The summed E-state index contributed by atoms with van der Waals surface area (Å²) in [5.41, 5.74) is 4.63. The molecule has 224 valence electrons. The van der Waals surface area contributed by atoms with Crippen LogP contribution < -0.4 is 16.0 Å². The molecule has 7 nitrogen and oxygen atoms in total. The summed E-state index contributed by atoms with van der Waals surface area (Å²) in [6.45, 7) is 1.95. The second-order valence-corrected chi connectivity index (χ2v) is 11.4. The minimum absolute atomic E-state index is 0.0949. The van der Waals surface area contributed by atoms with Gasteiger partial charge in [0.15, 0.2) is 0 Å². The Morgan fingerprint density at radius 1 is 0.733 bits per heavy atom. The number of nitrogens with one attached hydrogen (secondary N) is 3. The highest BCUT2D eigenvalue weighted by Crippen LogP contribution is 2.29. The lowest BCUT2D eigenvalue weighted by atomic mass is 10.0. The van der Waals surface area contributed by atoms with E-state index in [0.717, 1.165) is 21.6 Å². The molecule has 5 aromatic rings. The van der Waals surface area contributed by atoms with E-state index in [1.807, 2.05) is 85.8 Å². The number of aromatic nitrogens is 1. The molecule has 45 heavy (non-hydrogen) atoms. The van der Waals surface area contributed by atoms with Crippen LogP contribution in [-0.4, -0.2) is 28.0 Å². The molecular formula is C37H32N4O3S. The van der Waals surface area contributed by atoms with Crippen LogP contribution in [0.25, 0.3) is 17.2 Å². The number of carbonyl (C=O) groups excluding carboxylic acids is 3. The third-order valence-electron chi connectivity index (χ3n) is 6.84. The largest absolute Gasteiger partial charge is 0.325 e. The number of amides is 3. The molecule has 3 amide bonds. The van der Waals surface area contributed by atoms with Gasteiger partial charge in [0, 0.05) is 34.2 Å². The number of carbonyl (C=O) groups is 3. The predicted octanol–water partition coefficient (Wildman–Crippen LogP) is 7.67. The highest BCUT2D eigenvalue weighted by Gasteiger charge is 2.19. The van der Waals surface area contributed by atoms with Gasteiger partial charge in [-0.05, 0) is 71.7 Å². The number of pyridine rings is 1. The molecule has 0 saturated carbocycles. The van der Waals surface area contributed by atoms with E-state index in [1.165, 1.54) is 11.8 Å². The monoisotopic (exact) mass is 612 g/mol. The molecule has 1 aromatic heterocycles. The summed E-state index contributed by atoms with van der Waals surface area (Å²) in [6, 6.07) is 37.3. The number of benzene rings is 4. The van der Waals surface area contributed by atoms with Gasteiger partial charge in [0.05, 0.1) is 5.25 Å². The molecule has 0 aliphatic rings. The van der Waals surface area contributed by atoms with Crippen molar-refractivity contribution in [2.45, 2.75) is 23.5 Å². The Balaban J connectivity index is 1.33. The summed E-state index contributed by atoms with van der Waals surface area (Å²) in [7, 11) is 0. The van der Waals surface area contributed by atoms with E-state index >= 15 is 0 Å². The van der Waals surface area contributed by atoms with Crippen LogP contribution in [0.1, 0.15) is 29.3 Å². The van der Waals surface area contributed by atoms with E-state index in [-0.39, 0.29) is 16.9 Å². The fraction of sp³-hybridized carbons (Fsp3) is 0.0811. The summed E-state index contributed by atoms with van der Waals surface area (Å²) >= 11 is 1.41. The van der Waals surface area contributed by atoms with Crippen LogP contribution in [-0.2, 0) is 9.59 Å². The Hall–Kier alpha value is -5.47. The molecular weight excluding hydrogens is 580 g/mol. The fourth-order valence-corrected chi connectivity index (χ4v) is 5.51. The van der Waals surface area contributed by atoms with Gasteiger partial charge in [-0.15, -0.1) is 11.8 Å². The quantitative estimate of drug-likeness (QED) is 0.105. The summed E-state index contributed by atoms with van der Waals surface area (Å²) in [6.07, 6.45) is 5.51. The molecule has 0 spiro atoms. The highest BCUT2D eigenvalue weighted by atomic mass is 32.2. The summed E-state index contributed by atoms with van der Waals surface area (Å²) < 4.78 is 0. The Labute approximate surface area is 266 Å². The fourth-order valence-electron chi connectivity index (χ4n) is 4.50. The van der Waals surface area contributed by atoms with Gasteiger partial charge in [0.25, 0.3) is 11.8 Å². The van der Waals surface area contributed by atoms with E-state index in [2.05, 4.69) is 20.9 Å². The summed E-state index contributed by atoms with van der Waals surface area (Å²) in [5, 5.41) is 8.29. The molecule has 3 N–H and O–H groups in total. The van der Waals surface area contributed by atoms with Gasteiger partial charge >= 0.3 is 0 Å². The lowest BCUT2D eigenvalue weighted by Crippen LogP contribution is -2.30. The molecule has 1 atom stereocenters. The number of hydrogen-bond donors (Lipinski definition) is 3. The third kappa shape index (κ3) is 8.78. The average molecular weight is 613 g/mol. The van der Waals surface area contributed by atoms with Crippen molar-refractivity contribution in [3.8, 4) is 11.1 Å². The Kier molecular flexibility index (Phi) is 10.5. The smallest absolute Gasteiger partial charge is 0.272 e. The number of thioether (sulfide) groups is 1. The first kappa shape index (κ1) is 31.0. The second-order valence-electron chi connectivity index (χ2n) is 10.1. The van der Waals surface area contributed by atoms with Crippen LogP contribution >= 0.6 is 11.8 Å². The SMILES string of the molecule is CCC(Sc1cccc(NC(=O)/C(=C\c2ccc(-c3ccccc3)cc2)NC(=O)c2ccccc2)c1)C(=O)Nc1ccncc1. The van der Waals surface area contributed by atoms with Gasteiger partial charge in [-0.1, -0.05) is 85.8 Å². The lowest BCUT2D eigenvalue weighted by molar-refractivity contribution is -0.116. The van der Waals surface area contributed by atoms with Crippen LogP contribution in [0.5, 0.6) is 0 Å². The van der Waals surface area contributed by atoms with E-state index in [0.29, 0.717) is 23.4 Å². The van der Waals surface area contributed by atoms with Crippen molar-refractivity contribution in [1.82, 2.24) is 10.3 Å². The van der Waals surface area contributed by atoms with Crippen molar-refractivity contribution in [3.63, 3.8) is 0 Å². The van der Waals surface area contributed by atoms with Gasteiger partial charge in [0.2, 0.25) is 5.91 Å². The van der Waals surface area contributed by atoms with Crippen LogP contribution in [0.2, 0.25) is 0 Å². The zero-order valence-corrected chi connectivity index (χ0v) is 25.5. The van der Waals surface area contributed by atoms with Crippen molar-refractivity contribution in [1.29, 1.82) is 0 Å². The lowest BCUT2D eigenvalue weighted by Gasteiger charge is -2.16.